The molecule has 0 aliphatic heterocycles. The maximum absolute atomic E-state index is 6.14. The lowest BCUT2D eigenvalue weighted by atomic mass is 10.1. The molecule has 0 saturated heterocycles. The first-order valence-electron chi connectivity index (χ1n) is 6.13. The highest BCUT2D eigenvalue weighted by atomic mass is 79.9. The smallest absolute Gasteiger partial charge is 0.107 e. The SMILES string of the molecule is CCN(c1ccccc1)C(CN)c1cc(Br)c(Cl)s1. The third-order valence-corrected chi connectivity index (χ3v) is 5.60. The number of thiophene rings is 1. The minimum absolute atomic E-state index is 0.154. The second kappa shape index (κ2) is 6.75. The fraction of sp³-hybridized carbons (Fsp3) is 0.286. The Balaban J connectivity index is 2.34. The zero-order valence-electron chi connectivity index (χ0n) is 10.6. The topological polar surface area (TPSA) is 29.3 Å². The van der Waals surface area contributed by atoms with Crippen LogP contribution in [0.3, 0.4) is 0 Å². The Morgan fingerprint density at radius 1 is 1.37 bits per heavy atom. The van der Waals surface area contributed by atoms with E-state index in [0.29, 0.717) is 6.54 Å². The average molecular weight is 360 g/mol. The van der Waals surface area contributed by atoms with E-state index in [0.717, 1.165) is 15.4 Å². The van der Waals surface area contributed by atoms with Gasteiger partial charge in [0.15, 0.2) is 0 Å². The summed E-state index contributed by atoms with van der Waals surface area (Å²) in [5.41, 5.74) is 7.17. The van der Waals surface area contributed by atoms with Gasteiger partial charge in [0.05, 0.1) is 6.04 Å². The number of halogens is 2. The second-order valence-corrected chi connectivity index (χ2v) is 6.68. The van der Waals surface area contributed by atoms with Gasteiger partial charge in [-0.2, -0.15) is 0 Å². The van der Waals surface area contributed by atoms with E-state index in [1.807, 2.05) is 18.2 Å². The van der Waals surface area contributed by atoms with Gasteiger partial charge < -0.3 is 10.6 Å². The lowest BCUT2D eigenvalue weighted by molar-refractivity contribution is 0.653. The van der Waals surface area contributed by atoms with Crippen molar-refractivity contribution in [2.45, 2.75) is 13.0 Å². The van der Waals surface area contributed by atoms with E-state index in [1.54, 1.807) is 11.3 Å². The highest BCUT2D eigenvalue weighted by molar-refractivity contribution is 9.10. The number of nitrogens with two attached hydrogens (primary N) is 1. The molecule has 0 spiro atoms. The molecule has 0 amide bonds. The molecule has 2 rings (SSSR count). The molecule has 1 aromatic carbocycles. The summed E-state index contributed by atoms with van der Waals surface area (Å²) < 4.78 is 1.72. The largest absolute Gasteiger partial charge is 0.363 e. The van der Waals surface area contributed by atoms with Crippen molar-refractivity contribution in [2.75, 3.05) is 18.0 Å². The van der Waals surface area contributed by atoms with E-state index in [1.165, 1.54) is 10.6 Å². The highest BCUT2D eigenvalue weighted by Gasteiger charge is 2.21. The van der Waals surface area contributed by atoms with Crippen molar-refractivity contribution >= 4 is 44.6 Å². The zero-order chi connectivity index (χ0) is 13.8. The van der Waals surface area contributed by atoms with E-state index >= 15 is 0 Å². The number of rotatable bonds is 5. The molecule has 19 heavy (non-hydrogen) atoms. The van der Waals surface area contributed by atoms with Crippen molar-refractivity contribution in [3.05, 3.63) is 50.1 Å². The molecular weight excluding hydrogens is 344 g/mol. The quantitative estimate of drug-likeness (QED) is 0.839. The van der Waals surface area contributed by atoms with Gasteiger partial charge in [-0.3, -0.25) is 0 Å². The third kappa shape index (κ3) is 3.31. The first-order chi connectivity index (χ1) is 9.17. The summed E-state index contributed by atoms with van der Waals surface area (Å²) in [7, 11) is 0. The van der Waals surface area contributed by atoms with Crippen molar-refractivity contribution in [3.8, 4) is 0 Å². The maximum atomic E-state index is 6.14. The number of likely N-dealkylation sites (N-methyl/N-ethyl adjacent to an activating group) is 1. The molecule has 102 valence electrons. The van der Waals surface area contributed by atoms with Gasteiger partial charge in [0, 0.05) is 28.1 Å². The molecule has 1 atom stereocenters. The molecule has 2 aromatic rings. The van der Waals surface area contributed by atoms with Crippen molar-refractivity contribution in [1.82, 2.24) is 0 Å². The summed E-state index contributed by atoms with van der Waals surface area (Å²) in [6, 6.07) is 12.5. The number of para-hydroxylation sites is 1. The van der Waals surface area contributed by atoms with Crippen molar-refractivity contribution in [2.24, 2.45) is 5.73 Å². The fourth-order valence-electron chi connectivity index (χ4n) is 2.13. The van der Waals surface area contributed by atoms with Crippen LogP contribution in [0.4, 0.5) is 5.69 Å². The van der Waals surface area contributed by atoms with Gasteiger partial charge in [0.25, 0.3) is 0 Å². The maximum Gasteiger partial charge on any atom is 0.107 e. The molecule has 1 heterocycles. The van der Waals surface area contributed by atoms with Crippen LogP contribution in [-0.4, -0.2) is 13.1 Å². The number of anilines is 1. The Kier molecular flexibility index (Phi) is 5.28. The van der Waals surface area contributed by atoms with Gasteiger partial charge in [0.1, 0.15) is 4.34 Å². The summed E-state index contributed by atoms with van der Waals surface area (Å²) in [5.74, 6) is 0. The Bertz CT molecular complexity index is 510. The summed E-state index contributed by atoms with van der Waals surface area (Å²) in [6.45, 7) is 3.60. The lowest BCUT2D eigenvalue weighted by Gasteiger charge is -2.31. The average Bonchev–Trinajstić information content (AvgIpc) is 2.76. The number of hydrogen-bond donors (Lipinski definition) is 1. The molecule has 2 nitrogen and oxygen atoms in total. The lowest BCUT2D eigenvalue weighted by Crippen LogP contribution is -2.33. The summed E-state index contributed by atoms with van der Waals surface area (Å²) >= 11 is 11.2. The predicted octanol–water partition coefficient (Wildman–Crippen LogP) is 4.69. The van der Waals surface area contributed by atoms with Crippen LogP contribution in [0, 0.1) is 0 Å². The molecule has 2 N–H and O–H groups in total. The predicted molar refractivity (Wildman–Crippen MR) is 88.3 cm³/mol. The van der Waals surface area contributed by atoms with Gasteiger partial charge >= 0.3 is 0 Å². The molecular formula is C14H16BrClN2S. The third-order valence-electron chi connectivity index (χ3n) is 3.02. The van der Waals surface area contributed by atoms with E-state index in [4.69, 9.17) is 17.3 Å². The number of nitrogens with zero attached hydrogens (tertiary/aromatic N) is 1. The first kappa shape index (κ1) is 14.9. The minimum atomic E-state index is 0.154. The summed E-state index contributed by atoms with van der Waals surface area (Å²) in [4.78, 5) is 3.49. The molecule has 0 aliphatic carbocycles. The van der Waals surface area contributed by atoms with Crippen LogP contribution in [-0.2, 0) is 0 Å². The van der Waals surface area contributed by atoms with Crippen LogP contribution in [0.25, 0.3) is 0 Å². The molecule has 0 bridgehead atoms. The monoisotopic (exact) mass is 358 g/mol. The Labute approximate surface area is 131 Å². The van der Waals surface area contributed by atoms with Crippen LogP contribution in [0.5, 0.6) is 0 Å². The van der Waals surface area contributed by atoms with E-state index in [2.05, 4.69) is 46.0 Å². The molecule has 0 radical (unpaired) electrons. The first-order valence-corrected chi connectivity index (χ1v) is 8.12. The highest BCUT2D eigenvalue weighted by Crippen LogP contribution is 2.38. The molecule has 1 unspecified atom stereocenters. The summed E-state index contributed by atoms with van der Waals surface area (Å²) in [6.07, 6.45) is 0. The van der Waals surface area contributed by atoms with E-state index in [9.17, 15) is 0 Å². The molecule has 0 saturated carbocycles. The van der Waals surface area contributed by atoms with Gasteiger partial charge in [-0.25, -0.2) is 0 Å². The standard InChI is InChI=1S/C14H16BrClN2S/c1-2-18(10-6-4-3-5-7-10)12(9-17)13-8-11(15)14(16)19-13/h3-8,12H,2,9,17H2,1H3. The van der Waals surface area contributed by atoms with Crippen molar-refractivity contribution in [3.63, 3.8) is 0 Å². The van der Waals surface area contributed by atoms with Crippen LogP contribution >= 0.6 is 38.9 Å². The number of hydrogen-bond acceptors (Lipinski definition) is 3. The van der Waals surface area contributed by atoms with Gasteiger partial charge in [-0.15, -0.1) is 11.3 Å². The molecule has 0 aliphatic rings. The molecule has 5 heteroatoms. The van der Waals surface area contributed by atoms with Crippen LogP contribution in [0.15, 0.2) is 40.9 Å². The van der Waals surface area contributed by atoms with Crippen LogP contribution in [0.2, 0.25) is 4.34 Å². The zero-order valence-corrected chi connectivity index (χ0v) is 13.8. The number of benzene rings is 1. The summed E-state index contributed by atoms with van der Waals surface area (Å²) in [5, 5.41) is 0. The Hall–Kier alpha value is -0.550. The van der Waals surface area contributed by atoms with Gasteiger partial charge in [-0.1, -0.05) is 29.8 Å². The van der Waals surface area contributed by atoms with Crippen molar-refractivity contribution < 1.29 is 0 Å². The van der Waals surface area contributed by atoms with Crippen LogP contribution < -0.4 is 10.6 Å². The van der Waals surface area contributed by atoms with Crippen molar-refractivity contribution in [1.29, 1.82) is 0 Å². The Morgan fingerprint density at radius 2 is 2.05 bits per heavy atom. The Morgan fingerprint density at radius 3 is 2.53 bits per heavy atom. The van der Waals surface area contributed by atoms with Crippen LogP contribution in [0.1, 0.15) is 17.8 Å². The minimum Gasteiger partial charge on any atom is -0.363 e. The normalized spacial score (nSPS) is 12.4. The second-order valence-electron chi connectivity index (χ2n) is 4.14. The molecule has 0 fully saturated rings. The fourth-order valence-corrected chi connectivity index (χ4v) is 3.99. The van der Waals surface area contributed by atoms with E-state index in [-0.39, 0.29) is 6.04 Å². The van der Waals surface area contributed by atoms with E-state index < -0.39 is 0 Å². The van der Waals surface area contributed by atoms with Gasteiger partial charge in [0.2, 0.25) is 0 Å². The van der Waals surface area contributed by atoms with Gasteiger partial charge in [-0.05, 0) is 41.1 Å². The molecule has 1 aromatic heterocycles.